The maximum atomic E-state index is 12.7. The summed E-state index contributed by atoms with van der Waals surface area (Å²) in [6.07, 6.45) is 3.96. The highest BCUT2D eigenvalue weighted by molar-refractivity contribution is 7.91. The summed E-state index contributed by atoms with van der Waals surface area (Å²) in [5.74, 6) is 2.59. The lowest BCUT2D eigenvalue weighted by Gasteiger charge is -2.33. The predicted molar refractivity (Wildman–Crippen MR) is 127 cm³/mol. The van der Waals surface area contributed by atoms with Gasteiger partial charge in [0, 0.05) is 45.6 Å². The lowest BCUT2D eigenvalue weighted by atomic mass is 9.89. The molecule has 172 valence electrons. The quantitative estimate of drug-likeness (QED) is 0.692. The molecule has 5 rings (SSSR count). The number of likely N-dealkylation sites (N-methyl/N-ethyl adjacent to an activating group) is 1. The first-order chi connectivity index (χ1) is 16.0. The Bertz CT molecular complexity index is 1080. The van der Waals surface area contributed by atoms with Crippen molar-refractivity contribution >= 4 is 28.8 Å². The topological polar surface area (TPSA) is 108 Å². The lowest BCUT2D eigenvalue weighted by Crippen LogP contribution is -2.43. The van der Waals surface area contributed by atoms with Crippen LogP contribution in [0.15, 0.2) is 29.2 Å². The molecule has 2 atom stereocenters. The second-order valence-electron chi connectivity index (χ2n) is 9.10. The van der Waals surface area contributed by atoms with Crippen molar-refractivity contribution in [1.29, 1.82) is 5.26 Å². The van der Waals surface area contributed by atoms with E-state index in [1.165, 1.54) is 5.56 Å². The van der Waals surface area contributed by atoms with Gasteiger partial charge in [-0.05, 0) is 54.1 Å². The van der Waals surface area contributed by atoms with Crippen LogP contribution in [0.25, 0.3) is 0 Å². The SMILES string of the molecule is CN1C[C@@H](Nc2nc(N3CCC(c4ccc(C#N)cc4)CC3)nc3c2[S+]([O-])CC3)CCC1=O. The molecule has 1 aromatic heterocycles. The number of anilines is 2. The highest BCUT2D eigenvalue weighted by Crippen LogP contribution is 2.35. The standard InChI is InChI=1S/C24H28N6O2S/c1-29-15-19(6-7-21(29)31)26-23-22-20(10-13-33(22)32)27-24(28-23)30-11-8-18(9-12-30)17-4-2-16(14-25)3-5-17/h2-5,18-19H,6-13,15H2,1H3,(H,26,27,28)/t19-,33?/m0/s1. The van der Waals surface area contributed by atoms with Crippen LogP contribution >= 0.6 is 0 Å². The molecule has 0 spiro atoms. The Balaban J connectivity index is 1.32. The smallest absolute Gasteiger partial charge is 0.227 e. The Morgan fingerprint density at radius 1 is 1.15 bits per heavy atom. The Morgan fingerprint density at radius 3 is 2.61 bits per heavy atom. The van der Waals surface area contributed by atoms with E-state index in [2.05, 4.69) is 28.4 Å². The van der Waals surface area contributed by atoms with Gasteiger partial charge in [-0.1, -0.05) is 12.1 Å². The number of aromatic nitrogens is 2. The molecule has 0 saturated carbocycles. The number of carbonyl (C=O) groups excluding carboxylic acids is 1. The van der Waals surface area contributed by atoms with E-state index < -0.39 is 11.2 Å². The van der Waals surface area contributed by atoms with Gasteiger partial charge in [0.2, 0.25) is 16.8 Å². The molecular weight excluding hydrogens is 436 g/mol. The minimum Gasteiger partial charge on any atom is -0.611 e. The highest BCUT2D eigenvalue weighted by Gasteiger charge is 2.35. The number of piperidine rings is 2. The maximum Gasteiger partial charge on any atom is 0.227 e. The molecule has 4 heterocycles. The molecule has 2 aromatic rings. The Morgan fingerprint density at radius 2 is 1.91 bits per heavy atom. The monoisotopic (exact) mass is 464 g/mol. The number of nitriles is 1. The first-order valence-electron chi connectivity index (χ1n) is 11.6. The summed E-state index contributed by atoms with van der Waals surface area (Å²) < 4.78 is 12.7. The van der Waals surface area contributed by atoms with Gasteiger partial charge in [0.05, 0.1) is 11.6 Å². The minimum atomic E-state index is -1.09. The van der Waals surface area contributed by atoms with Gasteiger partial charge in [0.25, 0.3) is 0 Å². The second-order valence-corrected chi connectivity index (χ2v) is 10.6. The molecule has 0 radical (unpaired) electrons. The fourth-order valence-electron chi connectivity index (χ4n) is 4.99. The van der Waals surface area contributed by atoms with E-state index in [4.69, 9.17) is 15.2 Å². The van der Waals surface area contributed by atoms with Crippen molar-refractivity contribution in [1.82, 2.24) is 14.9 Å². The number of nitrogens with one attached hydrogen (secondary N) is 1. The van der Waals surface area contributed by atoms with Gasteiger partial charge in [-0.25, -0.2) is 4.98 Å². The fraction of sp³-hybridized carbons (Fsp3) is 0.500. The second kappa shape index (κ2) is 9.20. The van der Waals surface area contributed by atoms with Gasteiger partial charge in [-0.3, -0.25) is 4.79 Å². The average molecular weight is 465 g/mol. The first-order valence-corrected chi connectivity index (χ1v) is 12.9. The Kier molecular flexibility index (Phi) is 6.13. The summed E-state index contributed by atoms with van der Waals surface area (Å²) >= 11 is -1.09. The van der Waals surface area contributed by atoms with E-state index in [0.29, 0.717) is 48.4 Å². The summed E-state index contributed by atoms with van der Waals surface area (Å²) in [5, 5.41) is 12.5. The van der Waals surface area contributed by atoms with E-state index in [0.717, 1.165) is 42.9 Å². The Hall–Kier alpha value is -2.83. The van der Waals surface area contributed by atoms with Crippen molar-refractivity contribution in [3.63, 3.8) is 0 Å². The minimum absolute atomic E-state index is 0.0965. The van der Waals surface area contributed by atoms with Crippen LogP contribution in [0.5, 0.6) is 0 Å². The lowest BCUT2D eigenvalue weighted by molar-refractivity contribution is -0.132. The largest absolute Gasteiger partial charge is 0.611 e. The molecule has 3 aliphatic heterocycles. The highest BCUT2D eigenvalue weighted by atomic mass is 32.2. The summed E-state index contributed by atoms with van der Waals surface area (Å²) in [4.78, 5) is 26.2. The molecule has 0 aliphatic carbocycles. The van der Waals surface area contributed by atoms with Crippen LogP contribution < -0.4 is 10.2 Å². The van der Waals surface area contributed by atoms with Crippen LogP contribution in [-0.4, -0.2) is 63.8 Å². The molecule has 1 N–H and O–H groups in total. The molecule has 2 fully saturated rings. The molecule has 3 aliphatic rings. The summed E-state index contributed by atoms with van der Waals surface area (Å²) in [7, 11) is 1.82. The zero-order valence-electron chi connectivity index (χ0n) is 18.8. The number of benzene rings is 1. The van der Waals surface area contributed by atoms with Crippen LogP contribution in [-0.2, 0) is 22.4 Å². The Labute approximate surface area is 197 Å². The number of likely N-dealkylation sites (tertiary alicyclic amines) is 1. The number of fused-ring (bicyclic) bond motifs is 1. The number of aryl methyl sites for hydroxylation is 1. The molecule has 0 bridgehead atoms. The molecule has 2 saturated heterocycles. The van der Waals surface area contributed by atoms with Gasteiger partial charge in [0.15, 0.2) is 5.82 Å². The number of hydrogen-bond donors (Lipinski definition) is 1. The molecule has 1 amide bonds. The number of hydrogen-bond acceptors (Lipinski definition) is 7. The van der Waals surface area contributed by atoms with Gasteiger partial charge in [0.1, 0.15) is 11.4 Å². The van der Waals surface area contributed by atoms with Crippen molar-refractivity contribution in [3.8, 4) is 6.07 Å². The number of amides is 1. The summed E-state index contributed by atoms with van der Waals surface area (Å²) in [6, 6.07) is 10.2. The zero-order chi connectivity index (χ0) is 22.9. The van der Waals surface area contributed by atoms with Crippen molar-refractivity contribution in [2.24, 2.45) is 0 Å². The average Bonchev–Trinajstić information content (AvgIpc) is 3.22. The maximum absolute atomic E-state index is 12.7. The third kappa shape index (κ3) is 4.50. The third-order valence-corrected chi connectivity index (χ3v) is 8.39. The summed E-state index contributed by atoms with van der Waals surface area (Å²) in [5.41, 5.74) is 2.85. The number of rotatable bonds is 4. The zero-order valence-corrected chi connectivity index (χ0v) is 19.6. The third-order valence-electron chi connectivity index (χ3n) is 6.93. The summed E-state index contributed by atoms with van der Waals surface area (Å²) in [6.45, 7) is 2.33. The molecular formula is C24H28N6O2S. The van der Waals surface area contributed by atoms with Crippen LogP contribution in [0.2, 0.25) is 0 Å². The van der Waals surface area contributed by atoms with E-state index >= 15 is 0 Å². The molecule has 1 aromatic carbocycles. The van der Waals surface area contributed by atoms with E-state index in [1.807, 2.05) is 19.2 Å². The molecule has 9 heteroatoms. The molecule has 33 heavy (non-hydrogen) atoms. The van der Waals surface area contributed by atoms with Crippen molar-refractivity contribution in [2.45, 2.75) is 49.0 Å². The van der Waals surface area contributed by atoms with Crippen molar-refractivity contribution < 1.29 is 9.35 Å². The van der Waals surface area contributed by atoms with E-state index in [9.17, 15) is 9.35 Å². The molecule has 1 unspecified atom stereocenters. The van der Waals surface area contributed by atoms with Crippen LogP contribution in [0.4, 0.5) is 11.8 Å². The van der Waals surface area contributed by atoms with Gasteiger partial charge >= 0.3 is 0 Å². The van der Waals surface area contributed by atoms with Gasteiger partial charge < -0.3 is 19.7 Å². The molecule has 8 nitrogen and oxygen atoms in total. The van der Waals surface area contributed by atoms with E-state index in [1.54, 1.807) is 4.90 Å². The van der Waals surface area contributed by atoms with E-state index in [-0.39, 0.29) is 11.9 Å². The van der Waals surface area contributed by atoms with Crippen molar-refractivity contribution in [3.05, 3.63) is 41.1 Å². The number of carbonyl (C=O) groups is 1. The number of nitrogens with zero attached hydrogens (tertiary/aromatic N) is 5. The van der Waals surface area contributed by atoms with Crippen molar-refractivity contribution in [2.75, 3.05) is 42.7 Å². The van der Waals surface area contributed by atoms with Gasteiger partial charge in [-0.15, -0.1) is 0 Å². The van der Waals surface area contributed by atoms with Crippen LogP contribution in [0.3, 0.4) is 0 Å². The first kappa shape index (κ1) is 22.0. The fourth-order valence-corrected chi connectivity index (χ4v) is 6.30. The normalized spacial score (nSPS) is 23.4. The van der Waals surface area contributed by atoms with Crippen LogP contribution in [0, 0.1) is 11.3 Å². The van der Waals surface area contributed by atoms with Crippen LogP contribution in [0.1, 0.15) is 48.4 Å². The predicted octanol–water partition coefficient (Wildman–Crippen LogP) is 2.43. The van der Waals surface area contributed by atoms with Gasteiger partial charge in [-0.2, -0.15) is 10.2 Å².